The summed E-state index contributed by atoms with van der Waals surface area (Å²) in [5.41, 5.74) is 7.48. The number of anilines is 2. The zero-order chi connectivity index (χ0) is 11.6. The van der Waals surface area contributed by atoms with Gasteiger partial charge in [0.25, 0.3) is 0 Å². The van der Waals surface area contributed by atoms with E-state index in [0.717, 1.165) is 17.2 Å². The van der Waals surface area contributed by atoms with E-state index in [9.17, 15) is 0 Å². The molecule has 3 N–H and O–H groups in total. The molecule has 15 heavy (non-hydrogen) atoms. The molecule has 0 aromatic carbocycles. The van der Waals surface area contributed by atoms with Gasteiger partial charge >= 0.3 is 0 Å². The second-order valence-corrected chi connectivity index (χ2v) is 4.37. The molecule has 0 unspecified atom stereocenters. The highest BCUT2D eigenvalue weighted by Crippen LogP contribution is 2.28. The minimum Gasteiger partial charge on any atom is -0.382 e. The fraction of sp³-hybridized carbons (Fsp3) is 0.600. The second-order valence-electron chi connectivity index (χ2n) is 4.15. The van der Waals surface area contributed by atoms with Crippen LogP contribution in [0.4, 0.5) is 11.5 Å². The number of thiol groups is 1. The number of nitrogens with two attached hydrogens (primary N) is 1. The van der Waals surface area contributed by atoms with Crippen LogP contribution in [0.2, 0.25) is 0 Å². The van der Waals surface area contributed by atoms with Crippen LogP contribution in [0.25, 0.3) is 0 Å². The van der Waals surface area contributed by atoms with Gasteiger partial charge in [-0.15, -0.1) is 0 Å². The molecule has 0 aliphatic heterocycles. The average Bonchev–Trinajstić information content (AvgIpc) is 2.16. The summed E-state index contributed by atoms with van der Waals surface area (Å²) >= 11 is 4.02. The molecule has 5 heteroatoms. The number of nitrogens with zero attached hydrogens (tertiary/aromatic N) is 2. The van der Waals surface area contributed by atoms with Crippen molar-refractivity contribution < 1.29 is 0 Å². The Balaban J connectivity index is 3.32. The number of aromatic nitrogens is 2. The zero-order valence-corrected chi connectivity index (χ0v) is 10.5. The van der Waals surface area contributed by atoms with E-state index >= 15 is 0 Å². The highest BCUT2D eigenvalue weighted by Gasteiger charge is 2.15. The molecule has 0 spiro atoms. The SMILES string of the molecule is CC(C)c1nc(N)c(NS)c(C(C)C)n1. The predicted octanol–water partition coefficient (Wildman–Crippen LogP) is 2.56. The van der Waals surface area contributed by atoms with Gasteiger partial charge in [0.05, 0.1) is 5.69 Å². The minimum absolute atomic E-state index is 0.277. The van der Waals surface area contributed by atoms with Gasteiger partial charge in [0, 0.05) is 5.92 Å². The lowest BCUT2D eigenvalue weighted by Crippen LogP contribution is -2.09. The quantitative estimate of drug-likeness (QED) is 0.693. The average molecular weight is 226 g/mol. The first-order valence-electron chi connectivity index (χ1n) is 5.04. The third kappa shape index (κ3) is 2.53. The highest BCUT2D eigenvalue weighted by atomic mass is 32.1. The molecule has 0 radical (unpaired) electrons. The molecule has 0 fully saturated rings. The molecule has 0 aliphatic rings. The highest BCUT2D eigenvalue weighted by molar-refractivity contribution is 7.81. The van der Waals surface area contributed by atoms with E-state index in [1.165, 1.54) is 0 Å². The van der Waals surface area contributed by atoms with Crippen LogP contribution in [-0.4, -0.2) is 9.97 Å². The van der Waals surface area contributed by atoms with Gasteiger partial charge < -0.3 is 10.5 Å². The first kappa shape index (κ1) is 12.1. The zero-order valence-electron chi connectivity index (χ0n) is 9.57. The first-order chi connectivity index (χ1) is 6.97. The van der Waals surface area contributed by atoms with Crippen molar-refractivity contribution in [3.05, 3.63) is 11.5 Å². The molecular formula is C10H18N4S. The molecule has 1 rings (SSSR count). The minimum atomic E-state index is 0.277. The number of nitrogen functional groups attached to an aromatic ring is 1. The van der Waals surface area contributed by atoms with Gasteiger partial charge in [0.15, 0.2) is 5.82 Å². The Bertz CT molecular complexity index is 350. The van der Waals surface area contributed by atoms with E-state index in [4.69, 9.17) is 5.73 Å². The molecule has 1 aromatic heterocycles. The van der Waals surface area contributed by atoms with E-state index < -0.39 is 0 Å². The van der Waals surface area contributed by atoms with E-state index in [1.54, 1.807) is 0 Å². The monoisotopic (exact) mass is 226 g/mol. The first-order valence-corrected chi connectivity index (χ1v) is 5.49. The fourth-order valence-corrected chi connectivity index (χ4v) is 1.53. The predicted molar refractivity (Wildman–Crippen MR) is 67.2 cm³/mol. The van der Waals surface area contributed by atoms with Crippen LogP contribution in [0.5, 0.6) is 0 Å². The third-order valence-electron chi connectivity index (χ3n) is 2.16. The van der Waals surface area contributed by atoms with E-state index in [1.807, 2.05) is 13.8 Å². The van der Waals surface area contributed by atoms with Crippen LogP contribution in [0.1, 0.15) is 51.0 Å². The molecule has 0 aliphatic carbocycles. The number of hydrogen-bond donors (Lipinski definition) is 3. The standard InChI is InChI=1S/C10H18N4S/c1-5(2)7-8(14-15)9(11)13-10(12-7)6(3)4/h5-6,14-15H,1-4H3,(H2,11,12,13). The molecule has 1 heterocycles. The van der Waals surface area contributed by atoms with Crippen molar-refractivity contribution in [2.45, 2.75) is 39.5 Å². The summed E-state index contributed by atoms with van der Waals surface area (Å²) in [5.74, 6) is 1.82. The molecule has 0 amide bonds. The van der Waals surface area contributed by atoms with Crippen LogP contribution in [-0.2, 0) is 0 Å². The van der Waals surface area contributed by atoms with Crippen LogP contribution in [0.3, 0.4) is 0 Å². The molecule has 0 saturated carbocycles. The second kappa shape index (κ2) is 4.70. The van der Waals surface area contributed by atoms with Crippen molar-refractivity contribution in [3.63, 3.8) is 0 Å². The summed E-state index contributed by atoms with van der Waals surface area (Å²) in [7, 11) is 0. The largest absolute Gasteiger partial charge is 0.382 e. The van der Waals surface area contributed by atoms with Crippen LogP contribution in [0.15, 0.2) is 0 Å². The van der Waals surface area contributed by atoms with Crippen molar-refractivity contribution >= 4 is 24.3 Å². The van der Waals surface area contributed by atoms with Crippen molar-refractivity contribution in [2.24, 2.45) is 0 Å². The summed E-state index contributed by atoms with van der Waals surface area (Å²) < 4.78 is 2.76. The third-order valence-corrected chi connectivity index (χ3v) is 2.38. The smallest absolute Gasteiger partial charge is 0.151 e. The Morgan fingerprint density at radius 3 is 2.13 bits per heavy atom. The van der Waals surface area contributed by atoms with Gasteiger partial charge in [-0.2, -0.15) is 0 Å². The van der Waals surface area contributed by atoms with E-state index in [0.29, 0.717) is 11.7 Å². The molecule has 1 aromatic rings. The number of rotatable bonds is 3. The molecular weight excluding hydrogens is 208 g/mol. The summed E-state index contributed by atoms with van der Waals surface area (Å²) in [6, 6.07) is 0. The maximum atomic E-state index is 5.85. The summed E-state index contributed by atoms with van der Waals surface area (Å²) in [4.78, 5) is 8.74. The summed E-state index contributed by atoms with van der Waals surface area (Å²) in [6.45, 7) is 8.24. The number of nitrogens with one attached hydrogen (secondary N) is 1. The number of hydrogen-bond acceptors (Lipinski definition) is 5. The molecule has 0 atom stereocenters. The van der Waals surface area contributed by atoms with Gasteiger partial charge in [-0.1, -0.05) is 40.5 Å². The van der Waals surface area contributed by atoms with Crippen molar-refractivity contribution in [1.82, 2.24) is 9.97 Å². The Kier molecular flexibility index (Phi) is 3.79. The Morgan fingerprint density at radius 1 is 1.13 bits per heavy atom. The Morgan fingerprint density at radius 2 is 1.73 bits per heavy atom. The fourth-order valence-electron chi connectivity index (χ4n) is 1.31. The Labute approximate surface area is 96.2 Å². The van der Waals surface area contributed by atoms with Gasteiger partial charge in [0.1, 0.15) is 11.5 Å². The van der Waals surface area contributed by atoms with Gasteiger partial charge in [-0.3, -0.25) is 0 Å². The molecule has 0 bridgehead atoms. The maximum Gasteiger partial charge on any atom is 0.151 e. The van der Waals surface area contributed by atoms with Gasteiger partial charge in [0.2, 0.25) is 0 Å². The summed E-state index contributed by atoms with van der Waals surface area (Å²) in [6.07, 6.45) is 0. The lowest BCUT2D eigenvalue weighted by atomic mass is 10.1. The van der Waals surface area contributed by atoms with Crippen LogP contribution < -0.4 is 10.5 Å². The topological polar surface area (TPSA) is 63.8 Å². The van der Waals surface area contributed by atoms with Crippen molar-refractivity contribution in [1.29, 1.82) is 0 Å². The van der Waals surface area contributed by atoms with Gasteiger partial charge in [-0.25, -0.2) is 9.97 Å². The lowest BCUT2D eigenvalue weighted by Gasteiger charge is -2.15. The molecule has 84 valence electrons. The van der Waals surface area contributed by atoms with E-state index in [-0.39, 0.29) is 5.92 Å². The molecule has 4 nitrogen and oxygen atoms in total. The lowest BCUT2D eigenvalue weighted by molar-refractivity contribution is 0.735. The normalized spacial score (nSPS) is 11.1. The van der Waals surface area contributed by atoms with Crippen LogP contribution >= 0.6 is 12.8 Å². The molecule has 0 saturated heterocycles. The maximum absolute atomic E-state index is 5.85. The van der Waals surface area contributed by atoms with Crippen molar-refractivity contribution in [2.75, 3.05) is 10.5 Å². The van der Waals surface area contributed by atoms with Crippen molar-refractivity contribution in [3.8, 4) is 0 Å². The van der Waals surface area contributed by atoms with Crippen LogP contribution in [0, 0.1) is 0 Å². The summed E-state index contributed by atoms with van der Waals surface area (Å²) in [5, 5.41) is 0. The Hall–Kier alpha value is -0.970. The van der Waals surface area contributed by atoms with E-state index in [2.05, 4.69) is 41.4 Å². The van der Waals surface area contributed by atoms with Gasteiger partial charge in [-0.05, 0) is 5.92 Å².